The molecule has 0 N–H and O–H groups in total. The molecule has 0 radical (unpaired) electrons. The van der Waals surface area contributed by atoms with E-state index in [1.807, 2.05) is 60.7 Å². The van der Waals surface area contributed by atoms with Gasteiger partial charge in [-0.25, -0.2) is 9.97 Å². The Balaban J connectivity index is -0.000000138. The molecule has 0 spiro atoms. The molecule has 0 aliphatic heterocycles. The summed E-state index contributed by atoms with van der Waals surface area (Å²) in [5.41, 5.74) is 3.46. The average Bonchev–Trinajstić information content (AvgIpc) is 3.11. The number of aromatic nitrogens is 4. The van der Waals surface area contributed by atoms with Crippen molar-refractivity contribution in [3.63, 3.8) is 0 Å². The monoisotopic (exact) mass is 982 g/mol. The molecule has 0 aliphatic rings. The Labute approximate surface area is 358 Å². The normalized spacial score (nSPS) is 7.36. The van der Waals surface area contributed by atoms with E-state index in [9.17, 15) is 9.59 Å². The van der Waals surface area contributed by atoms with Crippen LogP contribution in [0.2, 0.25) is 0 Å². The molecule has 24 nitrogen and oxygen atoms in total. The van der Waals surface area contributed by atoms with Gasteiger partial charge >= 0.3 is 54.6 Å². The summed E-state index contributed by atoms with van der Waals surface area (Å²) in [6.45, 7) is 0. The topological polar surface area (TPSA) is 357 Å². The quantitative estimate of drug-likeness (QED) is 0.0913. The molecule has 0 aliphatic carbocycles. The summed E-state index contributed by atoms with van der Waals surface area (Å²) in [7, 11) is 6.75. The van der Waals surface area contributed by atoms with Gasteiger partial charge in [-0.2, -0.15) is 0 Å². The SMILES string of the molecule is C(#Cc1ccccn1)c1ccncc1.C(#Cc1ccccn1)c1ccncc1.CN(C)C=O.CN(C)C=O.O=[N+]([O-])[O-].O=[N+]([O-])[O-].O=[N+]([O-])[O-].O=[N+]([O-])[O-].[Cd+2].[Cd+2]. The number of amides is 2. The average molecular weight is 979 g/mol. The minimum absolute atomic E-state index is 0. The molecule has 4 heterocycles. The van der Waals surface area contributed by atoms with Crippen molar-refractivity contribution >= 4 is 12.8 Å². The number of carbonyl (C=O) groups excluding carboxylic acids is 2. The molecule has 0 saturated heterocycles. The molecule has 0 bridgehead atoms. The van der Waals surface area contributed by atoms with Crippen molar-refractivity contribution in [2.75, 3.05) is 28.2 Å². The smallest absolute Gasteiger partial charge is 0.356 e. The van der Waals surface area contributed by atoms with E-state index in [0.717, 1.165) is 35.3 Å². The van der Waals surface area contributed by atoms with E-state index in [2.05, 4.69) is 43.6 Å². The van der Waals surface area contributed by atoms with E-state index in [-0.39, 0.29) is 54.6 Å². The van der Waals surface area contributed by atoms with Crippen molar-refractivity contribution in [2.24, 2.45) is 0 Å². The third kappa shape index (κ3) is 65.7. The van der Waals surface area contributed by atoms with E-state index < -0.39 is 20.3 Å². The van der Waals surface area contributed by atoms with Crippen molar-refractivity contribution in [1.82, 2.24) is 29.7 Å². The van der Waals surface area contributed by atoms with Crippen molar-refractivity contribution < 1.29 is 84.5 Å². The van der Waals surface area contributed by atoms with Gasteiger partial charge in [0.2, 0.25) is 12.8 Å². The van der Waals surface area contributed by atoms with Gasteiger partial charge in [0.1, 0.15) is 11.4 Å². The maximum absolute atomic E-state index is 9.43. The third-order valence-corrected chi connectivity index (χ3v) is 3.78. The van der Waals surface area contributed by atoms with Crippen LogP contribution < -0.4 is 0 Å². The summed E-state index contributed by atoms with van der Waals surface area (Å²) in [5.74, 6) is 12.0. The molecular formula is C30H30Cd2N10O14. The van der Waals surface area contributed by atoms with Gasteiger partial charge in [-0.15, -0.1) is 0 Å². The molecule has 0 saturated carbocycles. The number of rotatable bonds is 2. The van der Waals surface area contributed by atoms with Gasteiger partial charge < -0.3 is 71.1 Å². The Kier molecular flexibility index (Phi) is 48.7. The molecule has 0 fully saturated rings. The molecule has 4 aromatic rings. The van der Waals surface area contributed by atoms with Gasteiger partial charge in [-0.05, 0) is 60.4 Å². The van der Waals surface area contributed by atoms with Crippen LogP contribution in [0.5, 0.6) is 0 Å². The van der Waals surface area contributed by atoms with Gasteiger partial charge in [-0.3, -0.25) is 19.6 Å². The fraction of sp³-hybridized carbons (Fsp3) is 0.133. The van der Waals surface area contributed by atoms with Crippen LogP contribution in [0.25, 0.3) is 0 Å². The van der Waals surface area contributed by atoms with E-state index >= 15 is 0 Å². The Morgan fingerprint density at radius 2 is 0.696 bits per heavy atom. The molecule has 4 rings (SSSR count). The summed E-state index contributed by atoms with van der Waals surface area (Å²) < 4.78 is 0. The maximum atomic E-state index is 9.43. The van der Waals surface area contributed by atoms with Crippen LogP contribution in [-0.2, 0) is 64.2 Å². The zero-order valence-corrected chi connectivity index (χ0v) is 38.1. The van der Waals surface area contributed by atoms with Crippen molar-refractivity contribution in [3.8, 4) is 23.7 Å². The molecule has 26 heteroatoms. The molecule has 0 atom stereocenters. The summed E-state index contributed by atoms with van der Waals surface area (Å²) in [6.07, 6.45) is 11.9. The summed E-state index contributed by atoms with van der Waals surface area (Å²) in [4.78, 5) is 70.8. The van der Waals surface area contributed by atoms with Gasteiger partial charge in [0.15, 0.2) is 0 Å². The van der Waals surface area contributed by atoms with Crippen molar-refractivity contribution in [1.29, 1.82) is 0 Å². The van der Waals surface area contributed by atoms with E-state index in [4.69, 9.17) is 61.3 Å². The van der Waals surface area contributed by atoms with Gasteiger partial charge in [0, 0.05) is 76.5 Å². The largest absolute Gasteiger partial charge is 2.00 e. The third-order valence-electron chi connectivity index (χ3n) is 3.78. The maximum Gasteiger partial charge on any atom is 2.00 e. The first-order chi connectivity index (χ1) is 25.4. The molecule has 0 unspecified atom stereocenters. The minimum atomic E-state index is -1.75. The summed E-state index contributed by atoms with van der Waals surface area (Å²) in [5, 5.41) is 59.0. The second-order valence-electron chi connectivity index (χ2n) is 8.43. The van der Waals surface area contributed by atoms with Crippen LogP contribution in [0.4, 0.5) is 0 Å². The Hall–Kier alpha value is -6.70. The van der Waals surface area contributed by atoms with Gasteiger partial charge in [-0.1, -0.05) is 24.0 Å². The zero-order valence-electron chi connectivity index (χ0n) is 30.0. The number of hydrogen-bond donors (Lipinski definition) is 0. The predicted molar refractivity (Wildman–Crippen MR) is 190 cm³/mol. The van der Waals surface area contributed by atoms with Crippen LogP contribution in [0.1, 0.15) is 22.5 Å². The second kappa shape index (κ2) is 44.5. The zero-order chi connectivity index (χ0) is 42.2. The predicted octanol–water partition coefficient (Wildman–Crippen LogP) is 2.20. The van der Waals surface area contributed by atoms with Crippen LogP contribution in [0.15, 0.2) is 97.8 Å². The van der Waals surface area contributed by atoms with Gasteiger partial charge in [0.25, 0.3) is 0 Å². The van der Waals surface area contributed by atoms with Crippen LogP contribution >= 0.6 is 0 Å². The summed E-state index contributed by atoms with van der Waals surface area (Å²) >= 11 is 0. The Morgan fingerprint density at radius 1 is 0.464 bits per heavy atom. The molecule has 2 amide bonds. The summed E-state index contributed by atoms with van der Waals surface area (Å²) in [6, 6.07) is 18.8. The second-order valence-corrected chi connectivity index (χ2v) is 8.43. The number of pyridine rings is 4. The molecule has 56 heavy (non-hydrogen) atoms. The number of hydrogen-bond acceptors (Lipinski definition) is 18. The fourth-order valence-electron chi connectivity index (χ4n) is 2.02. The standard InChI is InChI=1S/2C12H8N2.2C3H7NO.2Cd.4NO3/c2*1-2-8-14-12(3-1)5-4-11-6-9-13-10-7-11;2*1-4(2)3-5;;;4*2-1(3)4/h2*1-3,6-10H;2*3H,1-2H3;;;;;;/q;;;;2*+2;4*-1. The first kappa shape index (κ1) is 61.3. The molecular weight excluding hydrogens is 949 g/mol. The number of carbonyl (C=O) groups is 2. The van der Waals surface area contributed by atoms with E-state index in [0.29, 0.717) is 0 Å². The fourth-order valence-corrected chi connectivity index (χ4v) is 2.02. The van der Waals surface area contributed by atoms with E-state index in [1.165, 1.54) is 9.80 Å². The van der Waals surface area contributed by atoms with Crippen LogP contribution in [0.3, 0.4) is 0 Å². The Bertz CT molecular complexity index is 1480. The van der Waals surface area contributed by atoms with Gasteiger partial charge in [0.05, 0.1) is 20.3 Å². The molecule has 4 aromatic heterocycles. The number of nitrogens with zero attached hydrogens (tertiary/aromatic N) is 10. The van der Waals surface area contributed by atoms with Crippen LogP contribution in [0, 0.1) is 85.0 Å². The van der Waals surface area contributed by atoms with Crippen LogP contribution in [-0.4, -0.2) is 91.1 Å². The molecule has 0 aromatic carbocycles. The molecule has 288 valence electrons. The Morgan fingerprint density at radius 3 is 0.875 bits per heavy atom. The first-order valence-electron chi connectivity index (χ1n) is 13.5. The van der Waals surface area contributed by atoms with Crippen molar-refractivity contribution in [3.05, 3.63) is 182 Å². The minimum Gasteiger partial charge on any atom is -0.356 e. The van der Waals surface area contributed by atoms with Crippen molar-refractivity contribution in [2.45, 2.75) is 0 Å². The first-order valence-corrected chi connectivity index (χ1v) is 13.5. The van der Waals surface area contributed by atoms with E-state index in [1.54, 1.807) is 65.4 Å².